The average Bonchev–Trinajstić information content (AvgIpc) is 3.05. The SMILES string of the molecule is CCOc1ccc(-c2ncoc2-c2ccccc2S(N)(=O)=O)cc1Cl. The molecule has 0 spiro atoms. The molecule has 1 aromatic heterocycles. The highest BCUT2D eigenvalue weighted by Gasteiger charge is 2.21. The van der Waals surface area contributed by atoms with Crippen LogP contribution in [0, 0.1) is 0 Å². The molecule has 6 nitrogen and oxygen atoms in total. The standard InChI is InChI=1S/C17H15ClN2O4S/c1-2-23-14-8-7-11(9-13(14)18)16-17(24-10-20-16)12-5-3-4-6-15(12)25(19,21)22/h3-10H,2H2,1H3,(H2,19,21,22). The fourth-order valence-corrected chi connectivity index (χ4v) is 3.44. The number of halogens is 1. The van der Waals surface area contributed by atoms with Crippen LogP contribution < -0.4 is 9.88 Å². The van der Waals surface area contributed by atoms with Crippen molar-refractivity contribution < 1.29 is 17.6 Å². The molecule has 8 heteroatoms. The Morgan fingerprint density at radius 3 is 2.68 bits per heavy atom. The number of nitrogens with two attached hydrogens (primary N) is 1. The van der Waals surface area contributed by atoms with E-state index in [1.807, 2.05) is 6.92 Å². The maximum Gasteiger partial charge on any atom is 0.238 e. The van der Waals surface area contributed by atoms with E-state index in [4.69, 9.17) is 25.9 Å². The molecule has 0 saturated heterocycles. The first kappa shape index (κ1) is 17.5. The Hall–Kier alpha value is -2.35. The van der Waals surface area contributed by atoms with Gasteiger partial charge < -0.3 is 9.15 Å². The lowest BCUT2D eigenvalue weighted by molar-refractivity contribution is 0.340. The molecule has 0 fully saturated rings. The summed E-state index contributed by atoms with van der Waals surface area (Å²) in [6.07, 6.45) is 1.24. The lowest BCUT2D eigenvalue weighted by atomic mass is 10.1. The zero-order valence-electron chi connectivity index (χ0n) is 13.3. The van der Waals surface area contributed by atoms with Crippen molar-refractivity contribution in [3.63, 3.8) is 0 Å². The molecular formula is C17H15ClN2O4S. The van der Waals surface area contributed by atoms with Gasteiger partial charge >= 0.3 is 0 Å². The quantitative estimate of drug-likeness (QED) is 0.730. The van der Waals surface area contributed by atoms with Gasteiger partial charge in [0, 0.05) is 11.1 Å². The van der Waals surface area contributed by atoms with Crippen LogP contribution in [0.2, 0.25) is 5.02 Å². The third-order valence-electron chi connectivity index (χ3n) is 3.51. The van der Waals surface area contributed by atoms with Gasteiger partial charge in [0.15, 0.2) is 12.2 Å². The van der Waals surface area contributed by atoms with Gasteiger partial charge in [-0.3, -0.25) is 0 Å². The summed E-state index contributed by atoms with van der Waals surface area (Å²) in [5.41, 5.74) is 1.46. The van der Waals surface area contributed by atoms with E-state index in [9.17, 15) is 8.42 Å². The number of nitrogens with zero attached hydrogens (tertiary/aromatic N) is 1. The Kier molecular flexibility index (Phi) is 4.80. The molecule has 130 valence electrons. The number of sulfonamides is 1. The fraction of sp³-hybridized carbons (Fsp3) is 0.118. The second-order valence-corrected chi connectivity index (χ2v) is 7.09. The van der Waals surface area contributed by atoms with Crippen molar-refractivity contribution in [1.82, 2.24) is 4.98 Å². The number of oxazole rings is 1. The Labute approximate surface area is 150 Å². The number of hydrogen-bond donors (Lipinski definition) is 1. The molecule has 3 rings (SSSR count). The van der Waals surface area contributed by atoms with Crippen LogP contribution >= 0.6 is 11.6 Å². The van der Waals surface area contributed by atoms with Crippen LogP contribution in [0.5, 0.6) is 5.75 Å². The summed E-state index contributed by atoms with van der Waals surface area (Å²) in [7, 11) is -3.91. The largest absolute Gasteiger partial charge is 0.492 e. The van der Waals surface area contributed by atoms with Gasteiger partial charge in [0.25, 0.3) is 0 Å². The van der Waals surface area contributed by atoms with Gasteiger partial charge in [0.05, 0.1) is 16.5 Å². The second-order valence-electron chi connectivity index (χ2n) is 5.15. The predicted octanol–water partition coefficient (Wildman–Crippen LogP) is 3.71. The van der Waals surface area contributed by atoms with Gasteiger partial charge in [0.2, 0.25) is 10.0 Å². The summed E-state index contributed by atoms with van der Waals surface area (Å²) in [5, 5.41) is 5.73. The summed E-state index contributed by atoms with van der Waals surface area (Å²) in [4.78, 5) is 4.16. The summed E-state index contributed by atoms with van der Waals surface area (Å²) in [6, 6.07) is 11.5. The lowest BCUT2D eigenvalue weighted by Crippen LogP contribution is -2.13. The first-order valence-corrected chi connectivity index (χ1v) is 9.32. The Morgan fingerprint density at radius 1 is 1.24 bits per heavy atom. The van der Waals surface area contributed by atoms with Crippen LogP contribution in [0.25, 0.3) is 22.6 Å². The first-order chi connectivity index (χ1) is 11.9. The monoisotopic (exact) mass is 378 g/mol. The van der Waals surface area contributed by atoms with E-state index in [0.29, 0.717) is 40.0 Å². The number of primary sulfonamides is 1. The molecule has 0 atom stereocenters. The van der Waals surface area contributed by atoms with E-state index in [-0.39, 0.29) is 4.90 Å². The minimum Gasteiger partial charge on any atom is -0.492 e. The molecule has 25 heavy (non-hydrogen) atoms. The zero-order chi connectivity index (χ0) is 18.0. The van der Waals surface area contributed by atoms with Crippen molar-refractivity contribution in [2.75, 3.05) is 6.61 Å². The molecule has 3 aromatic rings. The van der Waals surface area contributed by atoms with Crippen molar-refractivity contribution in [3.05, 3.63) is 53.9 Å². The smallest absolute Gasteiger partial charge is 0.238 e. The van der Waals surface area contributed by atoms with Crippen LogP contribution in [0.15, 0.2) is 58.2 Å². The number of aromatic nitrogens is 1. The van der Waals surface area contributed by atoms with Gasteiger partial charge in [-0.2, -0.15) is 0 Å². The van der Waals surface area contributed by atoms with Gasteiger partial charge in [-0.15, -0.1) is 0 Å². The Balaban J connectivity index is 2.13. The van der Waals surface area contributed by atoms with Crippen molar-refractivity contribution in [2.24, 2.45) is 5.14 Å². The molecular weight excluding hydrogens is 364 g/mol. The van der Waals surface area contributed by atoms with Crippen molar-refractivity contribution >= 4 is 21.6 Å². The van der Waals surface area contributed by atoms with Gasteiger partial charge in [0.1, 0.15) is 11.4 Å². The van der Waals surface area contributed by atoms with Crippen LogP contribution in [0.3, 0.4) is 0 Å². The highest BCUT2D eigenvalue weighted by molar-refractivity contribution is 7.89. The predicted molar refractivity (Wildman–Crippen MR) is 94.9 cm³/mol. The van der Waals surface area contributed by atoms with Gasteiger partial charge in [-0.25, -0.2) is 18.5 Å². The first-order valence-electron chi connectivity index (χ1n) is 7.40. The van der Waals surface area contributed by atoms with Crippen molar-refractivity contribution in [1.29, 1.82) is 0 Å². The van der Waals surface area contributed by atoms with Crippen LogP contribution in [-0.2, 0) is 10.0 Å². The molecule has 0 aliphatic carbocycles. The maximum absolute atomic E-state index is 11.8. The van der Waals surface area contributed by atoms with E-state index in [1.54, 1.807) is 36.4 Å². The molecule has 0 aliphatic rings. The Morgan fingerprint density at radius 2 is 2.00 bits per heavy atom. The number of benzene rings is 2. The molecule has 0 saturated carbocycles. The summed E-state index contributed by atoms with van der Waals surface area (Å²) in [6.45, 7) is 2.36. The third kappa shape index (κ3) is 3.53. The molecule has 1 heterocycles. The van der Waals surface area contributed by atoms with Crippen molar-refractivity contribution in [3.8, 4) is 28.3 Å². The third-order valence-corrected chi connectivity index (χ3v) is 4.78. The fourth-order valence-electron chi connectivity index (χ4n) is 2.47. The minimum absolute atomic E-state index is 0.0370. The van der Waals surface area contributed by atoms with Crippen LogP contribution in [0.1, 0.15) is 6.92 Å². The second kappa shape index (κ2) is 6.87. The van der Waals surface area contributed by atoms with Crippen molar-refractivity contribution in [2.45, 2.75) is 11.8 Å². The molecule has 0 aliphatic heterocycles. The number of hydrogen-bond acceptors (Lipinski definition) is 5. The maximum atomic E-state index is 11.8. The van der Waals surface area contributed by atoms with Crippen LogP contribution in [0.4, 0.5) is 0 Å². The highest BCUT2D eigenvalue weighted by Crippen LogP contribution is 2.37. The normalized spacial score (nSPS) is 11.5. The Bertz CT molecular complexity index is 1010. The lowest BCUT2D eigenvalue weighted by Gasteiger charge is -2.09. The minimum atomic E-state index is -3.91. The molecule has 0 radical (unpaired) electrons. The van der Waals surface area contributed by atoms with Crippen LogP contribution in [-0.4, -0.2) is 20.0 Å². The topological polar surface area (TPSA) is 95.4 Å². The molecule has 2 aromatic carbocycles. The molecule has 0 unspecified atom stereocenters. The molecule has 0 bridgehead atoms. The van der Waals surface area contributed by atoms with Gasteiger partial charge in [-0.1, -0.05) is 23.7 Å². The van der Waals surface area contributed by atoms with Gasteiger partial charge in [-0.05, 0) is 37.3 Å². The molecule has 2 N–H and O–H groups in total. The highest BCUT2D eigenvalue weighted by atomic mass is 35.5. The zero-order valence-corrected chi connectivity index (χ0v) is 14.8. The van der Waals surface area contributed by atoms with E-state index in [1.165, 1.54) is 12.5 Å². The van der Waals surface area contributed by atoms with E-state index in [0.717, 1.165) is 0 Å². The summed E-state index contributed by atoms with van der Waals surface area (Å²) >= 11 is 6.23. The summed E-state index contributed by atoms with van der Waals surface area (Å²) in [5.74, 6) is 0.854. The summed E-state index contributed by atoms with van der Waals surface area (Å²) < 4.78 is 34.6. The van der Waals surface area contributed by atoms with E-state index in [2.05, 4.69) is 4.98 Å². The van der Waals surface area contributed by atoms with E-state index >= 15 is 0 Å². The number of ether oxygens (including phenoxy) is 1. The average molecular weight is 379 g/mol. The van der Waals surface area contributed by atoms with E-state index < -0.39 is 10.0 Å². The number of rotatable bonds is 5. The molecule has 0 amide bonds.